The smallest absolute Gasteiger partial charge is 0.302 e. The fraction of sp³-hybridized carbons (Fsp3) is 0.933. The molecule has 0 spiro atoms. The number of fused-ring (bicyclic) bond motifs is 5. The Labute approximate surface area is 208 Å². The Morgan fingerprint density at radius 2 is 1.76 bits per heavy atom. The van der Waals surface area contributed by atoms with Crippen LogP contribution in [0.25, 0.3) is 0 Å². The van der Waals surface area contributed by atoms with Crippen molar-refractivity contribution in [2.75, 3.05) is 0 Å². The van der Waals surface area contributed by atoms with Crippen LogP contribution in [0, 0.1) is 52.3 Å². The van der Waals surface area contributed by atoms with E-state index in [1.54, 1.807) is 0 Å². The van der Waals surface area contributed by atoms with E-state index in [2.05, 4.69) is 34.6 Å². The Morgan fingerprint density at radius 1 is 1.03 bits per heavy atom. The maximum atomic E-state index is 12.5. The number of aliphatic hydroxyl groups is 1. The van der Waals surface area contributed by atoms with Gasteiger partial charge in [-0.25, -0.2) is 0 Å². The van der Waals surface area contributed by atoms with Crippen LogP contribution in [-0.4, -0.2) is 29.1 Å². The standard InChI is InChI=1S/C30H50O4/c1-19(2)8-7-9-20(3)24-10-11-25-27-22(18-31)16-30(33)17-23(34-21(4)32)12-15-29(30,6)26(27)13-14-28(24,25)5/h18-20,22-27,33H,7-17H2,1-6H3/t20-,22?,23?,24-,25+,26+,27+,28-,29-,30?/m1/s1. The van der Waals surface area contributed by atoms with Gasteiger partial charge in [0.2, 0.25) is 0 Å². The van der Waals surface area contributed by atoms with Crippen molar-refractivity contribution in [2.45, 2.75) is 124 Å². The average molecular weight is 475 g/mol. The van der Waals surface area contributed by atoms with Gasteiger partial charge in [0.25, 0.3) is 0 Å². The summed E-state index contributed by atoms with van der Waals surface area (Å²) in [5, 5.41) is 12.0. The Balaban J connectivity index is 1.56. The maximum absolute atomic E-state index is 12.5. The fourth-order valence-corrected chi connectivity index (χ4v) is 9.81. The summed E-state index contributed by atoms with van der Waals surface area (Å²) in [4.78, 5) is 24.1. The minimum Gasteiger partial charge on any atom is -0.462 e. The molecule has 4 heteroatoms. The summed E-state index contributed by atoms with van der Waals surface area (Å²) in [6.45, 7) is 13.4. The number of esters is 1. The highest BCUT2D eigenvalue weighted by molar-refractivity contribution is 5.66. The largest absolute Gasteiger partial charge is 0.462 e. The molecule has 0 heterocycles. The molecule has 0 aromatic carbocycles. The Bertz CT molecular complexity index is 763. The summed E-state index contributed by atoms with van der Waals surface area (Å²) in [7, 11) is 0. The number of ether oxygens (including phenoxy) is 1. The van der Waals surface area contributed by atoms with Crippen LogP contribution in [0.2, 0.25) is 0 Å². The molecule has 1 N–H and O–H groups in total. The number of rotatable bonds is 7. The number of hydrogen-bond donors (Lipinski definition) is 1. The molecule has 4 nitrogen and oxygen atoms in total. The minimum absolute atomic E-state index is 0.0845. The predicted molar refractivity (Wildman–Crippen MR) is 135 cm³/mol. The molecule has 34 heavy (non-hydrogen) atoms. The topological polar surface area (TPSA) is 63.6 Å². The van der Waals surface area contributed by atoms with Crippen molar-refractivity contribution in [3.05, 3.63) is 0 Å². The highest BCUT2D eigenvalue weighted by atomic mass is 16.5. The van der Waals surface area contributed by atoms with E-state index < -0.39 is 5.60 Å². The molecular formula is C30H50O4. The van der Waals surface area contributed by atoms with Crippen LogP contribution in [0.3, 0.4) is 0 Å². The molecule has 194 valence electrons. The maximum Gasteiger partial charge on any atom is 0.302 e. The molecule has 10 atom stereocenters. The first-order valence-electron chi connectivity index (χ1n) is 14.3. The second kappa shape index (κ2) is 9.52. The molecule has 0 aromatic heterocycles. The van der Waals surface area contributed by atoms with Crippen molar-refractivity contribution < 1.29 is 19.4 Å². The van der Waals surface area contributed by atoms with Crippen LogP contribution in [0.4, 0.5) is 0 Å². The second-order valence-electron chi connectivity index (χ2n) is 13.7. The molecule has 0 aliphatic heterocycles. The van der Waals surface area contributed by atoms with Crippen molar-refractivity contribution in [1.82, 2.24) is 0 Å². The summed E-state index contributed by atoms with van der Waals surface area (Å²) in [5.74, 6) is 3.28. The Hall–Kier alpha value is -0.900. The zero-order valence-corrected chi connectivity index (χ0v) is 22.6. The van der Waals surface area contributed by atoms with Gasteiger partial charge in [-0.1, -0.05) is 53.9 Å². The van der Waals surface area contributed by atoms with E-state index in [-0.39, 0.29) is 23.4 Å². The van der Waals surface area contributed by atoms with E-state index in [0.717, 1.165) is 37.0 Å². The fourth-order valence-electron chi connectivity index (χ4n) is 9.81. The van der Waals surface area contributed by atoms with Crippen molar-refractivity contribution in [2.24, 2.45) is 52.3 Å². The van der Waals surface area contributed by atoms with Crippen LogP contribution in [0.5, 0.6) is 0 Å². The predicted octanol–water partition coefficient (Wildman–Crippen LogP) is 6.58. The molecule has 4 fully saturated rings. The molecule has 4 aliphatic carbocycles. The van der Waals surface area contributed by atoms with Crippen LogP contribution < -0.4 is 0 Å². The van der Waals surface area contributed by atoms with Crippen LogP contribution >= 0.6 is 0 Å². The first-order chi connectivity index (χ1) is 15.9. The van der Waals surface area contributed by atoms with E-state index in [0.29, 0.717) is 36.0 Å². The monoisotopic (exact) mass is 474 g/mol. The third-order valence-electron chi connectivity index (χ3n) is 11.5. The van der Waals surface area contributed by atoms with E-state index in [9.17, 15) is 14.7 Å². The lowest BCUT2D eigenvalue weighted by atomic mass is 9.41. The molecule has 0 saturated heterocycles. The van der Waals surface area contributed by atoms with Crippen molar-refractivity contribution in [1.29, 1.82) is 0 Å². The molecule has 0 amide bonds. The summed E-state index contributed by atoms with van der Waals surface area (Å²) >= 11 is 0. The number of hydrogen-bond acceptors (Lipinski definition) is 4. The average Bonchev–Trinajstić information content (AvgIpc) is 3.10. The van der Waals surface area contributed by atoms with Crippen molar-refractivity contribution >= 4 is 12.3 Å². The normalized spacial score (nSPS) is 46.8. The van der Waals surface area contributed by atoms with Gasteiger partial charge < -0.3 is 14.6 Å². The molecule has 3 unspecified atom stereocenters. The van der Waals surface area contributed by atoms with Crippen LogP contribution in [-0.2, 0) is 14.3 Å². The lowest BCUT2D eigenvalue weighted by Crippen LogP contribution is -2.65. The molecule has 4 aliphatic rings. The van der Waals surface area contributed by atoms with Gasteiger partial charge in [0.1, 0.15) is 12.4 Å². The van der Waals surface area contributed by atoms with Gasteiger partial charge in [0, 0.05) is 19.3 Å². The molecule has 4 saturated carbocycles. The molecular weight excluding hydrogens is 424 g/mol. The van der Waals surface area contributed by atoms with Gasteiger partial charge >= 0.3 is 5.97 Å². The quantitative estimate of drug-likeness (QED) is 0.334. The van der Waals surface area contributed by atoms with Gasteiger partial charge in [-0.3, -0.25) is 4.79 Å². The number of aldehydes is 1. The first kappa shape index (κ1) is 26.2. The van der Waals surface area contributed by atoms with Crippen LogP contribution in [0.15, 0.2) is 0 Å². The molecule has 0 aromatic rings. The third kappa shape index (κ3) is 4.28. The second-order valence-corrected chi connectivity index (χ2v) is 13.7. The molecule has 0 bridgehead atoms. The van der Waals surface area contributed by atoms with Gasteiger partial charge in [-0.2, -0.15) is 0 Å². The highest BCUT2D eigenvalue weighted by Crippen LogP contribution is 2.70. The van der Waals surface area contributed by atoms with Gasteiger partial charge in [0.05, 0.1) is 5.60 Å². The highest BCUT2D eigenvalue weighted by Gasteiger charge is 2.67. The zero-order chi connectivity index (χ0) is 24.9. The lowest BCUT2D eigenvalue weighted by molar-refractivity contribution is -0.236. The van der Waals surface area contributed by atoms with Crippen LogP contribution in [0.1, 0.15) is 112 Å². The van der Waals surface area contributed by atoms with Gasteiger partial charge in [0.15, 0.2) is 0 Å². The summed E-state index contributed by atoms with van der Waals surface area (Å²) in [5.41, 5.74) is -0.801. The minimum atomic E-state index is -0.923. The van der Waals surface area contributed by atoms with Gasteiger partial charge in [-0.15, -0.1) is 0 Å². The van der Waals surface area contributed by atoms with E-state index in [4.69, 9.17) is 4.74 Å². The van der Waals surface area contributed by atoms with Crippen molar-refractivity contribution in [3.63, 3.8) is 0 Å². The first-order valence-corrected chi connectivity index (χ1v) is 14.3. The van der Waals surface area contributed by atoms with Gasteiger partial charge in [-0.05, 0) is 91.3 Å². The summed E-state index contributed by atoms with van der Waals surface area (Å²) in [6, 6.07) is 0. The number of carbonyl (C=O) groups is 2. The summed E-state index contributed by atoms with van der Waals surface area (Å²) < 4.78 is 5.54. The Morgan fingerprint density at radius 3 is 2.41 bits per heavy atom. The lowest BCUT2D eigenvalue weighted by Gasteiger charge is -2.65. The molecule has 4 rings (SSSR count). The van der Waals surface area contributed by atoms with E-state index >= 15 is 0 Å². The third-order valence-corrected chi connectivity index (χ3v) is 11.5. The van der Waals surface area contributed by atoms with Crippen molar-refractivity contribution in [3.8, 4) is 0 Å². The van der Waals surface area contributed by atoms with E-state index in [1.165, 1.54) is 51.7 Å². The Kier molecular flexibility index (Phi) is 7.33. The zero-order valence-electron chi connectivity index (χ0n) is 22.6. The molecule has 0 radical (unpaired) electrons. The summed E-state index contributed by atoms with van der Waals surface area (Å²) in [6.07, 6.45) is 12.5. The van der Waals surface area contributed by atoms with E-state index in [1.807, 2.05) is 0 Å². The number of carbonyl (C=O) groups excluding carboxylic acids is 2. The SMILES string of the molecule is CC(=O)OC1CC[C@]2(C)[C@H]3CC[C@]4(C)[C@@H]([C@H](C)CCCC(C)C)CC[C@H]4[C@@H]3C(C=O)CC2(O)C1.